The van der Waals surface area contributed by atoms with Gasteiger partial charge in [-0.05, 0) is 18.1 Å². The molecule has 0 atom stereocenters. The highest BCUT2D eigenvalue weighted by Crippen LogP contribution is 2.23. The summed E-state index contributed by atoms with van der Waals surface area (Å²) in [6, 6.07) is 3.01. The van der Waals surface area contributed by atoms with Crippen molar-refractivity contribution < 1.29 is 8.42 Å². The zero-order valence-electron chi connectivity index (χ0n) is 8.78. The second kappa shape index (κ2) is 4.29. The standard InChI is InChI=1S/C9H6ClN5O2S/c1-2-6-3-4-7-13-8(10)9(15(7)14-6)18(16,17)12-5-11/h1,3-5H,(H2,11,12). The Balaban J connectivity index is 2.86. The summed E-state index contributed by atoms with van der Waals surface area (Å²) >= 11 is 5.77. The highest BCUT2D eigenvalue weighted by Gasteiger charge is 2.24. The largest absolute Gasteiger partial charge is 0.389 e. The molecule has 0 bridgehead atoms. The molecule has 0 spiro atoms. The summed E-state index contributed by atoms with van der Waals surface area (Å²) in [5.74, 6) is 2.28. The number of aromatic nitrogens is 3. The van der Waals surface area contributed by atoms with Crippen LogP contribution in [0.5, 0.6) is 0 Å². The second-order valence-electron chi connectivity index (χ2n) is 3.07. The molecular weight excluding hydrogens is 278 g/mol. The van der Waals surface area contributed by atoms with E-state index in [1.807, 2.05) is 0 Å². The van der Waals surface area contributed by atoms with Gasteiger partial charge in [0.2, 0.25) is 5.03 Å². The molecule has 18 heavy (non-hydrogen) atoms. The van der Waals surface area contributed by atoms with Gasteiger partial charge >= 0.3 is 10.0 Å². The predicted molar refractivity (Wildman–Crippen MR) is 65.8 cm³/mol. The van der Waals surface area contributed by atoms with E-state index in [2.05, 4.69) is 20.4 Å². The van der Waals surface area contributed by atoms with Gasteiger partial charge in [0.15, 0.2) is 10.8 Å². The maximum absolute atomic E-state index is 11.8. The Kier molecular flexibility index (Phi) is 2.94. The predicted octanol–water partition coefficient (Wildman–Crippen LogP) is 0.0397. The lowest BCUT2D eigenvalue weighted by Crippen LogP contribution is -2.07. The normalized spacial score (nSPS) is 12.0. The molecule has 0 fully saturated rings. The Morgan fingerprint density at radius 3 is 2.89 bits per heavy atom. The topological polar surface area (TPSA) is 103 Å². The van der Waals surface area contributed by atoms with Crippen LogP contribution in [0.15, 0.2) is 21.6 Å². The summed E-state index contributed by atoms with van der Waals surface area (Å²) in [6.45, 7) is 0. The molecule has 0 aromatic carbocycles. The SMILES string of the molecule is C#Cc1ccc2nc(Cl)c(S(=O)(=O)N=CN)n2n1. The van der Waals surface area contributed by atoms with Crippen molar-refractivity contribution in [3.8, 4) is 12.3 Å². The quantitative estimate of drug-likeness (QED) is 0.476. The average Bonchev–Trinajstić information content (AvgIpc) is 2.64. The molecule has 2 aromatic rings. The van der Waals surface area contributed by atoms with Gasteiger partial charge in [0.1, 0.15) is 5.69 Å². The van der Waals surface area contributed by atoms with Crippen LogP contribution in [-0.2, 0) is 10.0 Å². The number of fused-ring (bicyclic) bond motifs is 1. The van der Waals surface area contributed by atoms with Crippen molar-refractivity contribution in [2.75, 3.05) is 0 Å². The lowest BCUT2D eigenvalue weighted by atomic mass is 10.4. The molecule has 2 heterocycles. The Hall–Kier alpha value is -2.11. The Morgan fingerprint density at radius 1 is 1.56 bits per heavy atom. The van der Waals surface area contributed by atoms with E-state index in [9.17, 15) is 8.42 Å². The monoisotopic (exact) mass is 283 g/mol. The van der Waals surface area contributed by atoms with Crippen LogP contribution in [-0.4, -0.2) is 29.4 Å². The minimum absolute atomic E-state index is 0.241. The van der Waals surface area contributed by atoms with Gasteiger partial charge < -0.3 is 5.73 Å². The van der Waals surface area contributed by atoms with Crippen LogP contribution >= 0.6 is 11.6 Å². The minimum atomic E-state index is -4.07. The maximum Gasteiger partial charge on any atom is 0.304 e. The van der Waals surface area contributed by atoms with Gasteiger partial charge in [-0.1, -0.05) is 11.6 Å². The van der Waals surface area contributed by atoms with Gasteiger partial charge in [0.25, 0.3) is 0 Å². The van der Waals surface area contributed by atoms with E-state index in [1.165, 1.54) is 12.1 Å². The van der Waals surface area contributed by atoms with Crippen molar-refractivity contribution in [1.82, 2.24) is 14.6 Å². The molecule has 0 saturated heterocycles. The van der Waals surface area contributed by atoms with Crippen molar-refractivity contribution in [2.24, 2.45) is 10.1 Å². The third-order valence-corrected chi connectivity index (χ3v) is 3.62. The van der Waals surface area contributed by atoms with Crippen LogP contribution in [0.25, 0.3) is 5.65 Å². The first-order valence-electron chi connectivity index (χ1n) is 4.52. The molecule has 0 amide bonds. The highest BCUT2D eigenvalue weighted by molar-refractivity contribution is 7.90. The van der Waals surface area contributed by atoms with Crippen LogP contribution in [0, 0.1) is 12.3 Å². The van der Waals surface area contributed by atoms with Gasteiger partial charge in [0.05, 0.1) is 6.34 Å². The van der Waals surface area contributed by atoms with Crippen molar-refractivity contribution >= 4 is 33.6 Å². The van der Waals surface area contributed by atoms with Crippen molar-refractivity contribution in [3.63, 3.8) is 0 Å². The molecule has 92 valence electrons. The highest BCUT2D eigenvalue weighted by atomic mass is 35.5. The van der Waals surface area contributed by atoms with E-state index in [0.717, 1.165) is 4.52 Å². The molecule has 9 heteroatoms. The number of hydrogen-bond donors (Lipinski definition) is 1. The van der Waals surface area contributed by atoms with Gasteiger partial charge in [-0.25, -0.2) is 4.98 Å². The number of hydrogen-bond acceptors (Lipinski definition) is 4. The van der Waals surface area contributed by atoms with Crippen LogP contribution in [0.2, 0.25) is 5.15 Å². The second-order valence-corrected chi connectivity index (χ2v) is 4.98. The van der Waals surface area contributed by atoms with Gasteiger partial charge in [0, 0.05) is 0 Å². The zero-order chi connectivity index (χ0) is 13.3. The average molecular weight is 284 g/mol. The molecule has 0 saturated carbocycles. The van der Waals surface area contributed by atoms with Crippen LogP contribution in [0.1, 0.15) is 5.69 Å². The van der Waals surface area contributed by atoms with Crippen molar-refractivity contribution in [1.29, 1.82) is 0 Å². The number of rotatable bonds is 2. The van der Waals surface area contributed by atoms with E-state index in [-0.39, 0.29) is 21.5 Å². The fourth-order valence-corrected chi connectivity index (χ4v) is 2.64. The van der Waals surface area contributed by atoms with E-state index < -0.39 is 10.0 Å². The Bertz CT molecular complexity index is 787. The van der Waals surface area contributed by atoms with Crippen LogP contribution in [0.4, 0.5) is 0 Å². The fourth-order valence-electron chi connectivity index (χ4n) is 1.31. The van der Waals surface area contributed by atoms with E-state index in [1.54, 1.807) is 0 Å². The van der Waals surface area contributed by atoms with E-state index in [0.29, 0.717) is 6.34 Å². The number of nitrogens with zero attached hydrogens (tertiary/aromatic N) is 4. The molecule has 0 unspecified atom stereocenters. The molecule has 0 radical (unpaired) electrons. The first-order valence-corrected chi connectivity index (χ1v) is 6.34. The maximum atomic E-state index is 11.8. The smallest absolute Gasteiger partial charge is 0.304 e. The molecule has 0 aliphatic heterocycles. The Morgan fingerprint density at radius 2 is 2.28 bits per heavy atom. The number of sulfonamides is 1. The summed E-state index contributed by atoms with van der Waals surface area (Å²) in [5.41, 5.74) is 5.46. The molecule has 7 nitrogen and oxygen atoms in total. The van der Waals surface area contributed by atoms with E-state index >= 15 is 0 Å². The van der Waals surface area contributed by atoms with E-state index in [4.69, 9.17) is 23.8 Å². The number of terminal acetylenes is 1. The van der Waals surface area contributed by atoms with Gasteiger partial charge in [-0.15, -0.1) is 10.8 Å². The molecule has 0 aliphatic rings. The number of imidazole rings is 1. The number of halogens is 1. The third kappa shape index (κ3) is 1.90. The lowest BCUT2D eigenvalue weighted by molar-refractivity contribution is 0.590. The number of nitrogens with two attached hydrogens (primary N) is 1. The molecule has 2 rings (SSSR count). The molecular formula is C9H6ClN5O2S. The summed E-state index contributed by atoms with van der Waals surface area (Å²) in [6.07, 6.45) is 5.84. The molecule has 2 N–H and O–H groups in total. The first-order chi connectivity index (χ1) is 8.49. The van der Waals surface area contributed by atoms with Gasteiger partial charge in [-0.3, -0.25) is 0 Å². The zero-order valence-corrected chi connectivity index (χ0v) is 10.4. The summed E-state index contributed by atoms with van der Waals surface area (Å²) in [7, 11) is -4.07. The summed E-state index contributed by atoms with van der Waals surface area (Å²) < 4.78 is 27.8. The fraction of sp³-hybridized carbons (Fsp3) is 0. The van der Waals surface area contributed by atoms with Crippen LogP contribution < -0.4 is 5.73 Å². The van der Waals surface area contributed by atoms with Crippen molar-refractivity contribution in [3.05, 3.63) is 23.0 Å². The summed E-state index contributed by atoms with van der Waals surface area (Å²) in [4.78, 5) is 3.84. The third-order valence-electron chi connectivity index (χ3n) is 1.99. The molecule has 2 aromatic heterocycles. The summed E-state index contributed by atoms with van der Waals surface area (Å²) in [5, 5.41) is 3.28. The Labute approximate surface area is 107 Å². The first kappa shape index (κ1) is 12.3. The minimum Gasteiger partial charge on any atom is -0.389 e. The molecule has 0 aliphatic carbocycles. The van der Waals surface area contributed by atoms with Gasteiger partial charge in [-0.2, -0.15) is 18.0 Å². The van der Waals surface area contributed by atoms with Crippen LogP contribution in [0.3, 0.4) is 0 Å². The lowest BCUT2D eigenvalue weighted by Gasteiger charge is -1.98. The van der Waals surface area contributed by atoms with Crippen molar-refractivity contribution in [2.45, 2.75) is 5.03 Å².